The van der Waals surface area contributed by atoms with Gasteiger partial charge in [-0.1, -0.05) is 0 Å². The second-order valence-electron chi connectivity index (χ2n) is 1.81. The normalized spacial score (nSPS) is 12.7. The molecule has 0 atom stereocenters. The summed E-state index contributed by atoms with van der Waals surface area (Å²) in [6.07, 6.45) is 2.01. The van der Waals surface area contributed by atoms with Gasteiger partial charge in [0, 0.05) is 0 Å². The predicted molar refractivity (Wildman–Crippen MR) is 43.3 cm³/mol. The van der Waals surface area contributed by atoms with Crippen LogP contribution < -0.4 is 0 Å². The van der Waals surface area contributed by atoms with Gasteiger partial charge in [-0.3, -0.25) is 0 Å². The Morgan fingerprint density at radius 2 is 2.11 bits per heavy atom. The first-order valence-electron chi connectivity index (χ1n) is 2.70. The summed E-state index contributed by atoms with van der Waals surface area (Å²) in [5.41, 5.74) is 0. The summed E-state index contributed by atoms with van der Waals surface area (Å²) in [5, 5.41) is 0. The van der Waals surface area contributed by atoms with Gasteiger partial charge in [-0.25, -0.2) is 0 Å². The second-order valence-corrected chi connectivity index (χ2v) is 2.76. The molecule has 0 rings (SSSR count). The van der Waals surface area contributed by atoms with Crippen molar-refractivity contribution in [3.05, 3.63) is 10.1 Å². The number of aliphatic imine (C=N–C) groups is 1. The van der Waals surface area contributed by atoms with Gasteiger partial charge in [-0.05, 0) is 0 Å². The van der Waals surface area contributed by atoms with Crippen molar-refractivity contribution in [3.63, 3.8) is 0 Å². The maximum absolute atomic E-state index is 4.05. The molecule has 2 nitrogen and oxygen atoms in total. The molecule has 0 bridgehead atoms. The summed E-state index contributed by atoms with van der Waals surface area (Å²) in [6, 6.07) is 0. The molecule has 0 spiro atoms. The van der Waals surface area contributed by atoms with Gasteiger partial charge < -0.3 is 0 Å². The quantitative estimate of drug-likeness (QED) is 0.354. The number of hydrogen-bond donors (Lipinski definition) is 0. The Bertz CT molecular complexity index is 127. The van der Waals surface area contributed by atoms with Crippen LogP contribution in [0.4, 0.5) is 0 Å². The van der Waals surface area contributed by atoms with Gasteiger partial charge >= 0.3 is 70.0 Å². The van der Waals surface area contributed by atoms with Crippen LogP contribution in [0, 0.1) is 0 Å². The molecule has 0 amide bonds. The minimum absolute atomic E-state index is 1.02. The van der Waals surface area contributed by atoms with E-state index in [0.29, 0.717) is 0 Å². The first kappa shape index (κ1) is 9.03. The number of nitrogens with zero attached hydrogens (tertiary/aromatic N) is 2. The third-order valence-corrected chi connectivity index (χ3v) is 1.40. The number of hydrogen-bond acceptors (Lipinski definition) is 1. The molecular formula is C6H12N2Sb. The van der Waals surface area contributed by atoms with Crippen molar-refractivity contribution in [2.45, 2.75) is 0 Å². The molecule has 0 aromatic rings. The molecule has 51 valence electrons. The Morgan fingerprint density at radius 3 is 2.22 bits per heavy atom. The second kappa shape index (κ2) is 4.87. The average molecular weight is 234 g/mol. The van der Waals surface area contributed by atoms with Crippen molar-refractivity contribution >= 4 is 28.9 Å². The molecule has 0 aromatic carbocycles. The van der Waals surface area contributed by atoms with Crippen LogP contribution in [0.25, 0.3) is 0 Å². The SMILES string of the molecule is CN=C(C=[CH][SbH])N(C)C. The van der Waals surface area contributed by atoms with Crippen molar-refractivity contribution in [1.29, 1.82) is 0 Å². The average Bonchev–Trinajstić information content (AvgIpc) is 1.82. The third-order valence-electron chi connectivity index (χ3n) is 0.920. The molecule has 0 aliphatic heterocycles. The summed E-state index contributed by atoms with van der Waals surface area (Å²) < 4.78 is 2.06. The summed E-state index contributed by atoms with van der Waals surface area (Å²) in [7, 11) is 5.77. The van der Waals surface area contributed by atoms with Crippen LogP contribution in [0.5, 0.6) is 0 Å². The molecule has 9 heavy (non-hydrogen) atoms. The fourth-order valence-electron chi connectivity index (χ4n) is 0.498. The fourth-order valence-corrected chi connectivity index (χ4v) is 0.924. The van der Waals surface area contributed by atoms with Crippen molar-refractivity contribution < 1.29 is 0 Å². The Balaban J connectivity index is 4.01. The van der Waals surface area contributed by atoms with Crippen LogP contribution >= 0.6 is 0 Å². The van der Waals surface area contributed by atoms with E-state index in [1.807, 2.05) is 25.1 Å². The Labute approximate surface area is 70.1 Å². The predicted octanol–water partition coefficient (Wildman–Crippen LogP) is -0.00920. The molecule has 0 fully saturated rings. The Hall–Kier alpha value is 0.0282. The van der Waals surface area contributed by atoms with Gasteiger partial charge in [-0.15, -0.1) is 0 Å². The van der Waals surface area contributed by atoms with Gasteiger partial charge in [0.2, 0.25) is 0 Å². The van der Waals surface area contributed by atoms with Crippen LogP contribution in [0.1, 0.15) is 0 Å². The zero-order chi connectivity index (χ0) is 7.28. The molecule has 3 heteroatoms. The first-order chi connectivity index (χ1) is 4.22. The van der Waals surface area contributed by atoms with Crippen molar-refractivity contribution in [2.75, 3.05) is 21.1 Å². The van der Waals surface area contributed by atoms with Crippen molar-refractivity contribution in [3.8, 4) is 0 Å². The van der Waals surface area contributed by atoms with Crippen LogP contribution in [-0.4, -0.2) is 54.9 Å². The zero-order valence-corrected chi connectivity index (χ0v) is 8.90. The monoisotopic (exact) mass is 233 g/mol. The number of likely N-dealkylation sites (N-methyl/N-ethyl adjacent to an activating group) is 1. The topological polar surface area (TPSA) is 15.6 Å². The van der Waals surface area contributed by atoms with E-state index in [9.17, 15) is 0 Å². The van der Waals surface area contributed by atoms with E-state index in [1.54, 1.807) is 7.05 Å². The molecule has 0 unspecified atom stereocenters. The molecule has 1 radical (unpaired) electrons. The maximum atomic E-state index is 4.05. The third kappa shape index (κ3) is 3.58. The molecule has 0 saturated heterocycles. The van der Waals surface area contributed by atoms with Crippen molar-refractivity contribution in [1.82, 2.24) is 4.90 Å². The minimum atomic E-state index is 1.02. The Kier molecular flexibility index (Phi) is 4.88. The van der Waals surface area contributed by atoms with Crippen LogP contribution in [0.2, 0.25) is 0 Å². The van der Waals surface area contributed by atoms with E-state index in [2.05, 4.69) is 9.01 Å². The summed E-state index contributed by atoms with van der Waals surface area (Å²) in [4.78, 5) is 6.03. The van der Waals surface area contributed by atoms with Crippen molar-refractivity contribution in [2.24, 2.45) is 4.99 Å². The molecule has 0 saturated carbocycles. The molecule has 0 aliphatic rings. The van der Waals surface area contributed by atoms with E-state index >= 15 is 0 Å². The Morgan fingerprint density at radius 1 is 1.56 bits per heavy atom. The number of amidine groups is 1. The van der Waals surface area contributed by atoms with Crippen LogP contribution in [-0.2, 0) is 0 Å². The summed E-state index contributed by atoms with van der Waals surface area (Å²) in [5.74, 6) is 1.02. The molecule has 0 aromatic heterocycles. The van der Waals surface area contributed by atoms with E-state index in [4.69, 9.17) is 0 Å². The van der Waals surface area contributed by atoms with E-state index < -0.39 is 0 Å². The van der Waals surface area contributed by atoms with Crippen LogP contribution in [0.15, 0.2) is 15.1 Å². The number of rotatable bonds is 1. The van der Waals surface area contributed by atoms with E-state index in [1.165, 1.54) is 23.0 Å². The fraction of sp³-hybridized carbons (Fsp3) is 0.500. The van der Waals surface area contributed by atoms with Gasteiger partial charge in [0.25, 0.3) is 0 Å². The van der Waals surface area contributed by atoms with E-state index in [0.717, 1.165) is 5.84 Å². The first-order valence-corrected chi connectivity index (χ1v) is 4.35. The summed E-state index contributed by atoms with van der Waals surface area (Å²) >= 11 is 1.41. The summed E-state index contributed by atoms with van der Waals surface area (Å²) in [6.45, 7) is 0. The van der Waals surface area contributed by atoms with E-state index in [-0.39, 0.29) is 0 Å². The molecule has 0 aliphatic carbocycles. The van der Waals surface area contributed by atoms with Crippen LogP contribution in [0.3, 0.4) is 0 Å². The van der Waals surface area contributed by atoms with Gasteiger partial charge in [0.15, 0.2) is 0 Å². The van der Waals surface area contributed by atoms with Gasteiger partial charge in [0.05, 0.1) is 0 Å². The standard InChI is InChI=1S/C6H11N2.Sb.H/c1-5-6(7-2)8(3)4;;/h1,5H,2-4H3;;. The molecule has 0 N–H and O–H groups in total. The molecule has 0 heterocycles. The zero-order valence-electron chi connectivity index (χ0n) is 6.05. The molecular weight excluding hydrogens is 222 g/mol. The van der Waals surface area contributed by atoms with Gasteiger partial charge in [-0.2, -0.15) is 0 Å². The van der Waals surface area contributed by atoms with Gasteiger partial charge in [0.1, 0.15) is 0 Å².